The van der Waals surface area contributed by atoms with Crippen molar-refractivity contribution >= 4 is 33.2 Å². The third kappa shape index (κ3) is 5.10. The normalized spacial score (nSPS) is 11.1. The van der Waals surface area contributed by atoms with E-state index in [1.165, 1.54) is 24.3 Å². The van der Waals surface area contributed by atoms with Gasteiger partial charge >= 0.3 is 0 Å². The lowest BCUT2D eigenvalue weighted by molar-refractivity contribution is 0.0997. The second-order valence-corrected chi connectivity index (χ2v) is 8.95. The van der Waals surface area contributed by atoms with Crippen molar-refractivity contribution in [1.82, 2.24) is 0 Å². The standard InChI is InChI=1S/C23H23N3O4S/c1-14-4-5-15(2)21(12-14)31(29,30)26-18-8-6-17(7-9-18)23(28)25-19-10-11-20(22(24)27)16(3)13-19/h4-13,26H,1-3H3,(H2,24,27)(H,25,28). The second kappa shape index (κ2) is 8.61. The number of carbonyl (C=O) groups is 2. The summed E-state index contributed by atoms with van der Waals surface area (Å²) >= 11 is 0. The van der Waals surface area contributed by atoms with Gasteiger partial charge in [0.05, 0.1) is 4.90 Å². The Morgan fingerprint density at radius 2 is 1.45 bits per heavy atom. The lowest BCUT2D eigenvalue weighted by Gasteiger charge is -2.12. The van der Waals surface area contributed by atoms with Gasteiger partial charge in [0.25, 0.3) is 15.9 Å². The number of carbonyl (C=O) groups excluding carboxylic acids is 2. The van der Waals surface area contributed by atoms with Crippen LogP contribution in [0.1, 0.15) is 37.4 Å². The van der Waals surface area contributed by atoms with Crippen LogP contribution in [0.5, 0.6) is 0 Å². The van der Waals surface area contributed by atoms with Gasteiger partial charge in [0.15, 0.2) is 0 Å². The number of primary amides is 1. The summed E-state index contributed by atoms with van der Waals surface area (Å²) in [6, 6.07) is 16.1. The van der Waals surface area contributed by atoms with Gasteiger partial charge in [0.2, 0.25) is 5.91 Å². The van der Waals surface area contributed by atoms with Crippen molar-refractivity contribution in [2.45, 2.75) is 25.7 Å². The SMILES string of the molecule is Cc1ccc(C)c(S(=O)(=O)Nc2ccc(C(=O)Nc3ccc(C(N)=O)c(C)c3)cc2)c1. The topological polar surface area (TPSA) is 118 Å². The zero-order valence-corrected chi connectivity index (χ0v) is 18.2. The quantitative estimate of drug-likeness (QED) is 0.544. The van der Waals surface area contributed by atoms with Gasteiger partial charge in [-0.3, -0.25) is 14.3 Å². The lowest BCUT2D eigenvalue weighted by atomic mass is 10.1. The fraction of sp³-hybridized carbons (Fsp3) is 0.130. The van der Waals surface area contributed by atoms with Crippen LogP contribution < -0.4 is 15.8 Å². The molecule has 3 aromatic rings. The van der Waals surface area contributed by atoms with Crippen molar-refractivity contribution in [2.75, 3.05) is 10.0 Å². The molecule has 7 nitrogen and oxygen atoms in total. The van der Waals surface area contributed by atoms with Crippen LogP contribution in [-0.4, -0.2) is 20.2 Å². The first-order valence-corrected chi connectivity index (χ1v) is 11.0. The van der Waals surface area contributed by atoms with Crippen LogP contribution in [0, 0.1) is 20.8 Å². The number of nitrogens with one attached hydrogen (secondary N) is 2. The van der Waals surface area contributed by atoms with Gasteiger partial charge in [-0.15, -0.1) is 0 Å². The van der Waals surface area contributed by atoms with Crippen LogP contribution in [0.25, 0.3) is 0 Å². The first-order valence-electron chi connectivity index (χ1n) is 9.49. The highest BCUT2D eigenvalue weighted by Gasteiger charge is 2.17. The van der Waals surface area contributed by atoms with E-state index in [0.29, 0.717) is 33.6 Å². The molecule has 0 aliphatic carbocycles. The molecule has 31 heavy (non-hydrogen) atoms. The van der Waals surface area contributed by atoms with E-state index in [9.17, 15) is 18.0 Å². The average molecular weight is 438 g/mol. The van der Waals surface area contributed by atoms with Gasteiger partial charge in [-0.05, 0) is 86.0 Å². The predicted octanol–water partition coefficient (Wildman–Crippen LogP) is 3.76. The monoisotopic (exact) mass is 437 g/mol. The van der Waals surface area contributed by atoms with Crippen molar-refractivity contribution < 1.29 is 18.0 Å². The molecule has 0 aliphatic rings. The molecule has 0 unspecified atom stereocenters. The number of anilines is 2. The summed E-state index contributed by atoms with van der Waals surface area (Å²) in [5.74, 6) is -0.899. The highest BCUT2D eigenvalue weighted by Crippen LogP contribution is 2.21. The molecule has 160 valence electrons. The largest absolute Gasteiger partial charge is 0.366 e. The molecule has 0 aliphatic heterocycles. The summed E-state index contributed by atoms with van der Waals surface area (Å²) < 4.78 is 28.0. The van der Waals surface area contributed by atoms with Crippen molar-refractivity contribution in [2.24, 2.45) is 5.73 Å². The van der Waals surface area contributed by atoms with E-state index in [-0.39, 0.29) is 10.8 Å². The van der Waals surface area contributed by atoms with Crippen molar-refractivity contribution in [1.29, 1.82) is 0 Å². The second-order valence-electron chi connectivity index (χ2n) is 7.30. The van der Waals surface area contributed by atoms with E-state index in [1.807, 2.05) is 13.0 Å². The molecule has 0 saturated heterocycles. The Hall–Kier alpha value is -3.65. The summed E-state index contributed by atoms with van der Waals surface area (Å²) in [7, 11) is -3.75. The van der Waals surface area contributed by atoms with Gasteiger partial charge in [-0.1, -0.05) is 12.1 Å². The fourth-order valence-corrected chi connectivity index (χ4v) is 4.51. The highest BCUT2D eigenvalue weighted by molar-refractivity contribution is 7.92. The molecule has 8 heteroatoms. The van der Waals surface area contributed by atoms with E-state index in [1.54, 1.807) is 44.2 Å². The Labute approximate surface area is 181 Å². The highest BCUT2D eigenvalue weighted by atomic mass is 32.2. The van der Waals surface area contributed by atoms with Crippen LogP contribution in [0.15, 0.2) is 65.6 Å². The lowest BCUT2D eigenvalue weighted by Crippen LogP contribution is -2.16. The molecule has 0 spiro atoms. The maximum Gasteiger partial charge on any atom is 0.262 e. The molecular weight excluding hydrogens is 414 g/mol. The van der Waals surface area contributed by atoms with Crippen LogP contribution in [0.4, 0.5) is 11.4 Å². The Balaban J connectivity index is 1.74. The summed E-state index contributed by atoms with van der Waals surface area (Å²) in [5, 5.41) is 2.74. The number of sulfonamides is 1. The molecule has 3 rings (SSSR count). The van der Waals surface area contributed by atoms with Crippen LogP contribution in [-0.2, 0) is 10.0 Å². The van der Waals surface area contributed by atoms with Crippen LogP contribution in [0.2, 0.25) is 0 Å². The van der Waals surface area contributed by atoms with E-state index >= 15 is 0 Å². The Bertz CT molecular complexity index is 1270. The summed E-state index contributed by atoms with van der Waals surface area (Å²) in [5.41, 5.74) is 9.04. The first kappa shape index (κ1) is 22.0. The minimum absolute atomic E-state index is 0.212. The molecular formula is C23H23N3O4S. The first-order chi connectivity index (χ1) is 14.6. The van der Waals surface area contributed by atoms with E-state index in [0.717, 1.165) is 5.56 Å². The van der Waals surface area contributed by atoms with Crippen LogP contribution >= 0.6 is 0 Å². The number of nitrogens with two attached hydrogens (primary N) is 1. The molecule has 0 saturated carbocycles. The molecule has 4 N–H and O–H groups in total. The third-order valence-corrected chi connectivity index (χ3v) is 6.31. The smallest absolute Gasteiger partial charge is 0.262 e. The van der Waals surface area contributed by atoms with Crippen molar-refractivity contribution in [3.05, 3.63) is 88.5 Å². The number of amides is 2. The van der Waals surface area contributed by atoms with Gasteiger partial charge in [0, 0.05) is 22.5 Å². The number of benzene rings is 3. The number of hydrogen-bond acceptors (Lipinski definition) is 4. The summed E-state index contributed by atoms with van der Waals surface area (Å²) in [4.78, 5) is 24.0. The Morgan fingerprint density at radius 3 is 2.06 bits per heavy atom. The van der Waals surface area contributed by atoms with E-state index < -0.39 is 15.9 Å². The van der Waals surface area contributed by atoms with Gasteiger partial charge in [0.1, 0.15) is 0 Å². The van der Waals surface area contributed by atoms with Crippen molar-refractivity contribution in [3.63, 3.8) is 0 Å². The Kier molecular flexibility index (Phi) is 6.12. The zero-order valence-electron chi connectivity index (χ0n) is 17.4. The molecule has 0 aromatic heterocycles. The number of rotatable bonds is 6. The van der Waals surface area contributed by atoms with Crippen molar-refractivity contribution in [3.8, 4) is 0 Å². The molecule has 3 aromatic carbocycles. The van der Waals surface area contributed by atoms with Gasteiger partial charge in [-0.25, -0.2) is 8.42 Å². The zero-order chi connectivity index (χ0) is 22.8. The van der Waals surface area contributed by atoms with Gasteiger partial charge in [-0.2, -0.15) is 0 Å². The maximum atomic E-state index is 12.7. The molecule has 2 amide bonds. The summed E-state index contributed by atoms with van der Waals surface area (Å²) in [6.45, 7) is 5.29. The molecule has 0 radical (unpaired) electrons. The maximum absolute atomic E-state index is 12.7. The van der Waals surface area contributed by atoms with Gasteiger partial charge < -0.3 is 11.1 Å². The van der Waals surface area contributed by atoms with E-state index in [4.69, 9.17) is 5.73 Å². The summed E-state index contributed by atoms with van der Waals surface area (Å²) in [6.07, 6.45) is 0. The molecule has 0 atom stereocenters. The fourth-order valence-electron chi connectivity index (χ4n) is 3.12. The number of hydrogen-bond donors (Lipinski definition) is 3. The minimum atomic E-state index is -3.75. The Morgan fingerprint density at radius 1 is 0.806 bits per heavy atom. The molecule has 0 bridgehead atoms. The third-order valence-electron chi connectivity index (χ3n) is 4.78. The minimum Gasteiger partial charge on any atom is -0.366 e. The van der Waals surface area contributed by atoms with E-state index in [2.05, 4.69) is 10.0 Å². The molecule has 0 fully saturated rings. The number of aryl methyl sites for hydroxylation is 3. The van der Waals surface area contributed by atoms with Crippen LogP contribution in [0.3, 0.4) is 0 Å². The predicted molar refractivity (Wildman–Crippen MR) is 121 cm³/mol. The molecule has 0 heterocycles. The average Bonchev–Trinajstić information content (AvgIpc) is 2.69.